The summed E-state index contributed by atoms with van der Waals surface area (Å²) in [6, 6.07) is 8.44. The summed E-state index contributed by atoms with van der Waals surface area (Å²) in [5, 5.41) is 10.8. The first kappa shape index (κ1) is 35.7. The number of hydrogen-bond donors (Lipinski definition) is 1. The van der Waals surface area contributed by atoms with Crippen molar-refractivity contribution >= 4 is 4.40 Å². The molecule has 6 aliphatic carbocycles. The summed E-state index contributed by atoms with van der Waals surface area (Å²) in [5.41, 5.74) is 13.8. The number of phenols is 1. The van der Waals surface area contributed by atoms with Gasteiger partial charge in [-0.05, 0) is 135 Å². The van der Waals surface area contributed by atoms with Gasteiger partial charge in [-0.25, -0.2) is 0 Å². The van der Waals surface area contributed by atoms with Crippen LogP contribution in [-0.4, -0.2) is 15.0 Å². The van der Waals surface area contributed by atoms with Gasteiger partial charge < -0.3 is 10.1 Å². The fourth-order valence-electron chi connectivity index (χ4n) is 9.99. The molecule has 2 aromatic carbocycles. The van der Waals surface area contributed by atoms with Gasteiger partial charge >= 0.3 is 114 Å². The Balaban J connectivity index is 0.000000155. The second-order valence-electron chi connectivity index (χ2n) is 17.2. The number of phenolic OH excluding ortho intramolecular Hbond substituents is 1. The van der Waals surface area contributed by atoms with E-state index in [0.717, 1.165) is 42.6 Å². The minimum absolute atomic E-state index is 0.214. The molecule has 4 heteroatoms. The van der Waals surface area contributed by atoms with Crippen LogP contribution in [0.1, 0.15) is 135 Å². The van der Waals surface area contributed by atoms with E-state index in [0.29, 0.717) is 16.7 Å². The molecule has 1 aromatic heterocycles. The molecule has 260 valence electrons. The predicted octanol–water partition coefficient (Wildman–Crippen LogP) is 10.6. The van der Waals surface area contributed by atoms with E-state index in [-0.39, 0.29) is 17.9 Å². The first-order valence-corrected chi connectivity index (χ1v) is 21.2. The van der Waals surface area contributed by atoms with Crippen LogP contribution >= 0.6 is 0 Å². The van der Waals surface area contributed by atoms with Crippen molar-refractivity contribution in [2.75, 3.05) is 0 Å². The van der Waals surface area contributed by atoms with Crippen molar-refractivity contribution in [3.8, 4) is 5.75 Å². The molecule has 1 N–H and O–H groups in total. The van der Waals surface area contributed by atoms with Gasteiger partial charge in [-0.15, -0.1) is 0 Å². The summed E-state index contributed by atoms with van der Waals surface area (Å²) < 4.78 is 7.80. The van der Waals surface area contributed by atoms with Crippen molar-refractivity contribution in [1.29, 1.82) is 0 Å². The number of benzene rings is 2. The molecule has 4 saturated carbocycles. The number of fused-ring (bicyclic) bond motifs is 2. The van der Waals surface area contributed by atoms with Gasteiger partial charge in [0.1, 0.15) is 5.75 Å². The van der Waals surface area contributed by atoms with Crippen LogP contribution in [0.25, 0.3) is 0 Å². The SMILES string of the molecule is CC(C)(C)[CH]=[Mo]=[N]C12CC3CC(CC(C3)C1)C2.Cc1cc2c(c(CCc3c(O)c(C)cc4c3CCCC4)c1C)CCCC2.c1cc[n-]c1. The number of aromatic hydroxyl groups is 1. The summed E-state index contributed by atoms with van der Waals surface area (Å²) >= 11 is -0.214. The van der Waals surface area contributed by atoms with E-state index >= 15 is 0 Å². The van der Waals surface area contributed by atoms with Crippen LogP contribution in [0.4, 0.5) is 0 Å². The minimum Gasteiger partial charge on any atom is -0.670 e. The molecule has 3 nitrogen and oxygen atoms in total. The van der Waals surface area contributed by atoms with Gasteiger partial charge in [-0.1, -0.05) is 24.3 Å². The minimum atomic E-state index is -0.214. The van der Waals surface area contributed by atoms with Crippen molar-refractivity contribution in [3.63, 3.8) is 0 Å². The number of rotatable bonds is 4. The zero-order valence-corrected chi connectivity index (χ0v) is 32.8. The largest absolute Gasteiger partial charge is 0.670 e. The fourth-order valence-corrected chi connectivity index (χ4v) is 12.0. The number of aromatic nitrogens is 1. The number of aryl methyl sites for hydroxylation is 4. The van der Waals surface area contributed by atoms with Crippen molar-refractivity contribution in [2.45, 2.75) is 150 Å². The van der Waals surface area contributed by atoms with Gasteiger partial charge in [0.05, 0.1) is 0 Å². The molecule has 0 unspecified atom stereocenters. The quantitative estimate of drug-likeness (QED) is 0.272. The Bertz CT molecular complexity index is 1490. The third-order valence-corrected chi connectivity index (χ3v) is 15.2. The van der Waals surface area contributed by atoms with Crippen molar-refractivity contribution in [2.24, 2.45) is 26.7 Å². The smallest absolute Gasteiger partial charge is 0.121 e. The van der Waals surface area contributed by atoms with E-state index < -0.39 is 0 Å². The topological polar surface area (TPSA) is 46.7 Å². The van der Waals surface area contributed by atoms with Crippen LogP contribution in [-0.2, 0) is 56.4 Å². The second-order valence-corrected chi connectivity index (χ2v) is 18.7. The number of hydrogen-bond acceptors (Lipinski definition) is 2. The Morgan fingerprint density at radius 2 is 1.27 bits per heavy atom. The van der Waals surface area contributed by atoms with Crippen LogP contribution in [0.5, 0.6) is 5.75 Å². The standard InChI is InChI=1S/C25H32O.C10H15N.C5H10.C4H4N.Mo/c1-16-14-19-8-4-6-10-22(19)21(18(16)3)12-13-24-23-11-7-5-9-20(23)15-17(2)25(24)26;11-10-4-7-1-8(5-10)3-9(2-7)6-10;1-5(2,3)4;1-2-4-5-3-1;/h14-15,26H,4-13H2,1-3H3;7-9H,1-6H2;1H,2-4H3;1-4H;/q;;;-1;. The second kappa shape index (κ2) is 15.4. The van der Waals surface area contributed by atoms with E-state index in [9.17, 15) is 5.11 Å². The van der Waals surface area contributed by atoms with E-state index in [1.807, 2.05) is 12.1 Å². The summed E-state index contributed by atoms with van der Waals surface area (Å²) in [5.74, 6) is 3.70. The number of nitrogens with zero attached hydrogens (tertiary/aromatic N) is 2. The normalized spacial score (nSPS) is 25.1. The molecule has 1 heterocycles. The molecule has 4 bridgehead atoms. The van der Waals surface area contributed by atoms with E-state index in [2.05, 4.69) is 63.1 Å². The molecule has 0 atom stereocenters. The third-order valence-electron chi connectivity index (χ3n) is 12.0. The molecular weight excluding hydrogens is 668 g/mol. The monoisotopic (exact) mass is 731 g/mol. The molecule has 4 fully saturated rings. The van der Waals surface area contributed by atoms with E-state index in [1.165, 1.54) is 111 Å². The van der Waals surface area contributed by atoms with Gasteiger partial charge in [0.25, 0.3) is 0 Å². The van der Waals surface area contributed by atoms with Crippen molar-refractivity contribution in [3.05, 3.63) is 86.7 Å². The summed E-state index contributed by atoms with van der Waals surface area (Å²) in [7, 11) is 0. The van der Waals surface area contributed by atoms with Crippen LogP contribution < -0.4 is 4.98 Å². The molecule has 0 saturated heterocycles. The zero-order valence-electron chi connectivity index (χ0n) is 30.8. The molecule has 48 heavy (non-hydrogen) atoms. The summed E-state index contributed by atoms with van der Waals surface area (Å²) in [6.07, 6.45) is 24.5. The zero-order chi connectivity index (χ0) is 33.9. The molecule has 6 aliphatic rings. The molecular formula is C44H61MoN2O-. The first-order valence-electron chi connectivity index (χ1n) is 19.2. The maximum atomic E-state index is 10.8. The Kier molecular flexibility index (Phi) is 11.5. The van der Waals surface area contributed by atoms with Gasteiger partial charge in [-0.3, -0.25) is 0 Å². The average Bonchev–Trinajstić information content (AvgIpc) is 3.63. The van der Waals surface area contributed by atoms with E-state index in [4.69, 9.17) is 3.50 Å². The van der Waals surface area contributed by atoms with Crippen LogP contribution in [0.3, 0.4) is 0 Å². The average molecular weight is 730 g/mol. The van der Waals surface area contributed by atoms with Crippen LogP contribution in [0.2, 0.25) is 0 Å². The maximum Gasteiger partial charge on any atom is 0.121 e. The maximum absolute atomic E-state index is 10.8. The fraction of sp³-hybridized carbons (Fsp3) is 0.614. The molecule has 0 spiro atoms. The van der Waals surface area contributed by atoms with Gasteiger partial charge in [0.2, 0.25) is 0 Å². The molecule has 0 amide bonds. The Labute approximate surface area is 300 Å². The van der Waals surface area contributed by atoms with Crippen LogP contribution in [0, 0.1) is 43.9 Å². The summed E-state index contributed by atoms with van der Waals surface area (Å²) in [6.45, 7) is 13.6. The molecule has 9 rings (SSSR count). The first-order chi connectivity index (χ1) is 23.0. The van der Waals surface area contributed by atoms with Crippen LogP contribution in [0.15, 0.2) is 40.2 Å². The van der Waals surface area contributed by atoms with E-state index in [1.54, 1.807) is 29.1 Å². The Hall–Kier alpha value is -2.12. The predicted molar refractivity (Wildman–Crippen MR) is 198 cm³/mol. The van der Waals surface area contributed by atoms with Crippen molar-refractivity contribution < 1.29 is 23.0 Å². The van der Waals surface area contributed by atoms with Gasteiger partial charge in [0.15, 0.2) is 0 Å². The van der Waals surface area contributed by atoms with Gasteiger partial charge in [0, 0.05) is 0 Å². The third kappa shape index (κ3) is 8.60. The summed E-state index contributed by atoms with van der Waals surface area (Å²) in [4.78, 5) is 3.72. The molecule has 3 aromatic rings. The Morgan fingerprint density at radius 3 is 1.79 bits per heavy atom. The Morgan fingerprint density at radius 1 is 0.771 bits per heavy atom. The molecule has 0 radical (unpaired) electrons. The van der Waals surface area contributed by atoms with Crippen molar-refractivity contribution in [1.82, 2.24) is 4.98 Å². The van der Waals surface area contributed by atoms with Gasteiger partial charge in [-0.2, -0.15) is 12.4 Å². The molecule has 0 aliphatic heterocycles.